The topological polar surface area (TPSA) is 92.5 Å². The Morgan fingerprint density at radius 3 is 2.78 bits per heavy atom. The lowest BCUT2D eigenvalue weighted by atomic mass is 10.2. The largest absolute Gasteiger partial charge is 0.490 e. The molecular weight excluding hydrogens is 236 g/mol. The third-order valence-corrected chi connectivity index (χ3v) is 2.37. The number of aromatic nitrogens is 2. The maximum absolute atomic E-state index is 11.1. The Kier molecular flexibility index (Phi) is 3.69. The summed E-state index contributed by atoms with van der Waals surface area (Å²) in [5.74, 6) is -0.992. The van der Waals surface area contributed by atoms with Gasteiger partial charge in [-0.3, -0.25) is 0 Å². The number of ether oxygens (including phenoxy) is 1. The predicted molar refractivity (Wildman–Crippen MR) is 63.7 cm³/mol. The Labute approximate surface area is 103 Å². The molecule has 0 aliphatic carbocycles. The Hall–Kier alpha value is -2.21. The van der Waals surface area contributed by atoms with Gasteiger partial charge in [-0.2, -0.15) is 0 Å². The first-order valence-corrected chi connectivity index (χ1v) is 5.46. The van der Waals surface area contributed by atoms with Gasteiger partial charge in [0.15, 0.2) is 5.75 Å². The number of aliphatic hydroxyl groups is 1. The van der Waals surface area contributed by atoms with Crippen LogP contribution in [-0.4, -0.2) is 39.6 Å². The summed E-state index contributed by atoms with van der Waals surface area (Å²) in [5.41, 5.74) is 0.355. The van der Waals surface area contributed by atoms with Gasteiger partial charge in [-0.25, -0.2) is 4.79 Å². The van der Waals surface area contributed by atoms with Crippen LogP contribution in [0.4, 0.5) is 0 Å². The summed E-state index contributed by atoms with van der Waals surface area (Å²) in [5, 5.41) is 25.8. The number of aliphatic hydroxyl groups excluding tert-OH is 1. The second-order valence-corrected chi connectivity index (χ2v) is 3.63. The molecule has 0 saturated carbocycles. The first-order chi connectivity index (χ1) is 8.74. The Balaban J connectivity index is 2.48. The summed E-state index contributed by atoms with van der Waals surface area (Å²) >= 11 is 0. The Bertz CT molecular complexity index is 571. The minimum atomic E-state index is -1.19. The van der Waals surface area contributed by atoms with Gasteiger partial charge in [0.25, 0.3) is 0 Å². The molecule has 0 atom stereocenters. The Morgan fingerprint density at radius 2 is 2.06 bits per heavy atom. The van der Waals surface area contributed by atoms with E-state index in [1.807, 2.05) is 0 Å². The van der Waals surface area contributed by atoms with Crippen LogP contribution in [0.5, 0.6) is 5.75 Å². The highest BCUT2D eigenvalue weighted by atomic mass is 16.5. The number of aromatic carboxylic acids is 1. The van der Waals surface area contributed by atoms with Crippen molar-refractivity contribution in [3.8, 4) is 5.75 Å². The summed E-state index contributed by atoms with van der Waals surface area (Å²) in [6.07, 6.45) is 0.426. The lowest BCUT2D eigenvalue weighted by Crippen LogP contribution is -2.09. The molecule has 0 aliphatic rings. The van der Waals surface area contributed by atoms with E-state index in [9.17, 15) is 4.79 Å². The van der Waals surface area contributed by atoms with Crippen molar-refractivity contribution >= 4 is 16.9 Å². The van der Waals surface area contributed by atoms with Crippen molar-refractivity contribution in [3.05, 3.63) is 30.0 Å². The third kappa shape index (κ3) is 2.38. The van der Waals surface area contributed by atoms with Crippen molar-refractivity contribution < 1.29 is 19.7 Å². The van der Waals surface area contributed by atoms with Crippen LogP contribution >= 0.6 is 0 Å². The van der Waals surface area contributed by atoms with Gasteiger partial charge in [-0.15, -0.1) is 10.2 Å². The number of hydrogen-bond acceptors (Lipinski definition) is 5. The number of benzene rings is 1. The number of fused-ring (bicyclic) bond motifs is 1. The van der Waals surface area contributed by atoms with Crippen molar-refractivity contribution in [2.75, 3.05) is 13.2 Å². The fourth-order valence-electron chi connectivity index (χ4n) is 1.55. The first-order valence-electron chi connectivity index (χ1n) is 5.46. The zero-order valence-electron chi connectivity index (χ0n) is 9.54. The summed E-state index contributed by atoms with van der Waals surface area (Å²) < 4.78 is 5.41. The minimum absolute atomic E-state index is 0.0150. The number of nitrogens with zero attached hydrogens (tertiary/aromatic N) is 2. The second-order valence-electron chi connectivity index (χ2n) is 3.63. The van der Waals surface area contributed by atoms with Crippen LogP contribution in [0.2, 0.25) is 0 Å². The highest BCUT2D eigenvalue weighted by molar-refractivity contribution is 5.96. The van der Waals surface area contributed by atoms with Crippen molar-refractivity contribution in [1.82, 2.24) is 10.2 Å². The van der Waals surface area contributed by atoms with E-state index in [1.54, 1.807) is 24.3 Å². The third-order valence-electron chi connectivity index (χ3n) is 2.37. The first kappa shape index (κ1) is 12.3. The molecule has 0 spiro atoms. The molecule has 0 aliphatic heterocycles. The zero-order valence-corrected chi connectivity index (χ0v) is 9.54. The van der Waals surface area contributed by atoms with Crippen LogP contribution in [0.3, 0.4) is 0 Å². The van der Waals surface area contributed by atoms with E-state index in [1.165, 1.54) is 0 Å². The van der Waals surface area contributed by atoms with Crippen molar-refractivity contribution in [2.45, 2.75) is 6.42 Å². The summed E-state index contributed by atoms with van der Waals surface area (Å²) in [6.45, 7) is 0.214. The van der Waals surface area contributed by atoms with Crippen LogP contribution in [0, 0.1) is 0 Å². The minimum Gasteiger partial charge on any atom is -0.490 e. The Morgan fingerprint density at radius 1 is 1.28 bits per heavy atom. The second kappa shape index (κ2) is 5.42. The maximum atomic E-state index is 11.1. The van der Waals surface area contributed by atoms with E-state index in [0.29, 0.717) is 17.3 Å². The molecule has 0 amide bonds. The van der Waals surface area contributed by atoms with Gasteiger partial charge < -0.3 is 14.9 Å². The fraction of sp³-hybridized carbons (Fsp3) is 0.250. The molecular formula is C12H12N2O4. The van der Waals surface area contributed by atoms with Crippen molar-refractivity contribution in [3.63, 3.8) is 0 Å². The molecule has 6 nitrogen and oxygen atoms in total. The van der Waals surface area contributed by atoms with E-state index in [-0.39, 0.29) is 24.7 Å². The molecule has 2 rings (SSSR count). The zero-order chi connectivity index (χ0) is 13.0. The molecule has 0 unspecified atom stereocenters. The molecule has 0 bridgehead atoms. The normalized spacial score (nSPS) is 10.5. The number of rotatable bonds is 5. The highest BCUT2D eigenvalue weighted by Gasteiger charge is 2.17. The van der Waals surface area contributed by atoms with Gasteiger partial charge in [-0.05, 0) is 12.1 Å². The van der Waals surface area contributed by atoms with Crippen molar-refractivity contribution in [2.24, 2.45) is 0 Å². The summed E-state index contributed by atoms with van der Waals surface area (Å²) in [7, 11) is 0. The van der Waals surface area contributed by atoms with Gasteiger partial charge in [-0.1, -0.05) is 12.1 Å². The molecule has 2 N–H and O–H groups in total. The highest BCUT2D eigenvalue weighted by Crippen LogP contribution is 2.26. The van der Waals surface area contributed by atoms with Gasteiger partial charge in [0, 0.05) is 18.4 Å². The smallest absolute Gasteiger partial charge is 0.360 e. The SMILES string of the molecule is O=C(O)c1nnc2ccccc2c1OCCCO. The number of carboxylic acids is 1. The summed E-state index contributed by atoms with van der Waals surface area (Å²) in [4.78, 5) is 11.1. The lowest BCUT2D eigenvalue weighted by Gasteiger charge is -2.10. The average molecular weight is 248 g/mol. The fourth-order valence-corrected chi connectivity index (χ4v) is 1.55. The van der Waals surface area contributed by atoms with Crippen LogP contribution in [0.1, 0.15) is 16.9 Å². The maximum Gasteiger partial charge on any atom is 0.360 e. The standard InChI is InChI=1S/C12H12N2O4/c15-6-3-7-18-11-8-4-1-2-5-9(8)13-14-10(11)12(16)17/h1-2,4-5,15H,3,6-7H2,(H,16,17). The van der Waals surface area contributed by atoms with Gasteiger partial charge >= 0.3 is 5.97 Å². The molecule has 0 fully saturated rings. The molecule has 0 radical (unpaired) electrons. The molecule has 6 heteroatoms. The number of carboxylic acid groups (broad SMARTS) is 1. The van der Waals surface area contributed by atoms with E-state index >= 15 is 0 Å². The van der Waals surface area contributed by atoms with E-state index in [0.717, 1.165) is 0 Å². The predicted octanol–water partition coefficient (Wildman–Crippen LogP) is 1.09. The van der Waals surface area contributed by atoms with E-state index < -0.39 is 5.97 Å². The molecule has 0 saturated heterocycles. The van der Waals surface area contributed by atoms with Crippen LogP contribution in [-0.2, 0) is 0 Å². The molecule has 2 aromatic rings. The monoisotopic (exact) mass is 248 g/mol. The molecule has 1 aromatic carbocycles. The van der Waals surface area contributed by atoms with Crippen LogP contribution in [0.15, 0.2) is 24.3 Å². The van der Waals surface area contributed by atoms with Crippen LogP contribution in [0.25, 0.3) is 10.9 Å². The molecule has 18 heavy (non-hydrogen) atoms. The summed E-state index contributed by atoms with van der Waals surface area (Å²) in [6, 6.07) is 7.01. The molecule has 94 valence electrons. The van der Waals surface area contributed by atoms with Gasteiger partial charge in [0.1, 0.15) is 0 Å². The number of hydrogen-bond donors (Lipinski definition) is 2. The average Bonchev–Trinajstić information content (AvgIpc) is 2.38. The quantitative estimate of drug-likeness (QED) is 0.769. The lowest BCUT2D eigenvalue weighted by molar-refractivity contribution is 0.0684. The van der Waals surface area contributed by atoms with Crippen LogP contribution < -0.4 is 4.74 Å². The van der Waals surface area contributed by atoms with E-state index in [4.69, 9.17) is 14.9 Å². The van der Waals surface area contributed by atoms with E-state index in [2.05, 4.69) is 10.2 Å². The van der Waals surface area contributed by atoms with Gasteiger partial charge in [0.2, 0.25) is 5.69 Å². The van der Waals surface area contributed by atoms with Crippen molar-refractivity contribution in [1.29, 1.82) is 0 Å². The van der Waals surface area contributed by atoms with Gasteiger partial charge in [0.05, 0.1) is 12.1 Å². The molecule has 1 aromatic heterocycles. The molecule has 1 heterocycles. The number of carbonyl (C=O) groups is 1.